The molecule has 3 nitrogen and oxygen atoms in total. The summed E-state index contributed by atoms with van der Waals surface area (Å²) in [4.78, 5) is 4.01. The van der Waals surface area contributed by atoms with Crippen molar-refractivity contribution < 1.29 is 14.0 Å². The highest BCUT2D eigenvalue weighted by Gasteiger charge is 2.10. The molecule has 0 unspecified atom stereocenters. The zero-order chi connectivity index (χ0) is 12.4. The zero-order valence-electron chi connectivity index (χ0n) is 9.04. The molecule has 0 radical (unpaired) electrons. The van der Waals surface area contributed by atoms with Gasteiger partial charge in [0.15, 0.2) is 0 Å². The van der Waals surface area contributed by atoms with Crippen molar-refractivity contribution in [1.82, 2.24) is 4.98 Å². The SMILES string of the molecule is Cc1ncc(NO)cc1-c1ccc(F)cc1F. The van der Waals surface area contributed by atoms with Crippen molar-refractivity contribution in [3.05, 3.63) is 47.8 Å². The number of aromatic nitrogens is 1. The van der Waals surface area contributed by atoms with Crippen molar-refractivity contribution in [3.63, 3.8) is 0 Å². The lowest BCUT2D eigenvalue weighted by Gasteiger charge is -2.08. The lowest BCUT2D eigenvalue weighted by Crippen LogP contribution is -1.96. The first-order valence-corrected chi connectivity index (χ1v) is 4.94. The fraction of sp³-hybridized carbons (Fsp3) is 0.0833. The van der Waals surface area contributed by atoms with Gasteiger partial charge in [-0.1, -0.05) is 0 Å². The van der Waals surface area contributed by atoms with Gasteiger partial charge in [-0.2, -0.15) is 0 Å². The van der Waals surface area contributed by atoms with E-state index in [4.69, 9.17) is 5.21 Å². The average Bonchev–Trinajstić information content (AvgIpc) is 2.30. The van der Waals surface area contributed by atoms with Gasteiger partial charge in [-0.15, -0.1) is 0 Å². The van der Waals surface area contributed by atoms with Gasteiger partial charge < -0.3 is 0 Å². The molecular formula is C12H10F2N2O. The smallest absolute Gasteiger partial charge is 0.134 e. The molecule has 2 N–H and O–H groups in total. The summed E-state index contributed by atoms with van der Waals surface area (Å²) < 4.78 is 26.4. The number of nitrogens with zero attached hydrogens (tertiary/aromatic N) is 1. The molecule has 5 heteroatoms. The number of hydrogen-bond acceptors (Lipinski definition) is 3. The normalized spacial score (nSPS) is 10.4. The van der Waals surface area contributed by atoms with Gasteiger partial charge in [-0.25, -0.2) is 8.78 Å². The van der Waals surface area contributed by atoms with Crippen LogP contribution in [-0.4, -0.2) is 10.2 Å². The van der Waals surface area contributed by atoms with Crippen LogP contribution in [0.2, 0.25) is 0 Å². The van der Waals surface area contributed by atoms with E-state index in [0.29, 0.717) is 16.9 Å². The number of anilines is 1. The molecule has 1 aromatic carbocycles. The van der Waals surface area contributed by atoms with E-state index in [-0.39, 0.29) is 5.56 Å². The Morgan fingerprint density at radius 2 is 1.94 bits per heavy atom. The van der Waals surface area contributed by atoms with E-state index in [0.717, 1.165) is 6.07 Å². The van der Waals surface area contributed by atoms with E-state index in [1.807, 2.05) is 5.48 Å². The van der Waals surface area contributed by atoms with Crippen LogP contribution in [0.3, 0.4) is 0 Å². The molecule has 0 atom stereocenters. The van der Waals surface area contributed by atoms with Crippen LogP contribution in [0.4, 0.5) is 14.5 Å². The topological polar surface area (TPSA) is 45.2 Å². The van der Waals surface area contributed by atoms with E-state index < -0.39 is 11.6 Å². The molecule has 1 heterocycles. The van der Waals surface area contributed by atoms with E-state index in [9.17, 15) is 8.78 Å². The van der Waals surface area contributed by atoms with Gasteiger partial charge in [-0.05, 0) is 25.1 Å². The number of rotatable bonds is 2. The van der Waals surface area contributed by atoms with Crippen molar-refractivity contribution >= 4 is 5.69 Å². The van der Waals surface area contributed by atoms with Crippen molar-refractivity contribution in [1.29, 1.82) is 0 Å². The molecule has 0 saturated heterocycles. The standard InChI is InChI=1S/C12H10F2N2O/c1-7-11(5-9(16-17)6-15-7)10-3-2-8(13)4-12(10)14/h2-6,16-17H,1H3. The summed E-state index contributed by atoms with van der Waals surface area (Å²) in [5, 5.41) is 8.77. The fourth-order valence-electron chi connectivity index (χ4n) is 1.57. The van der Waals surface area contributed by atoms with E-state index in [1.165, 1.54) is 18.3 Å². The number of hydrogen-bond donors (Lipinski definition) is 2. The summed E-state index contributed by atoms with van der Waals surface area (Å²) in [5.74, 6) is -1.29. The Morgan fingerprint density at radius 1 is 1.18 bits per heavy atom. The minimum atomic E-state index is -0.662. The van der Waals surface area contributed by atoms with E-state index >= 15 is 0 Å². The molecule has 0 aliphatic carbocycles. The third-order valence-electron chi connectivity index (χ3n) is 2.44. The first-order valence-electron chi connectivity index (χ1n) is 4.94. The Hall–Kier alpha value is -2.01. The zero-order valence-corrected chi connectivity index (χ0v) is 9.04. The van der Waals surface area contributed by atoms with Gasteiger partial charge in [0.1, 0.15) is 11.6 Å². The molecule has 17 heavy (non-hydrogen) atoms. The first-order chi connectivity index (χ1) is 8.11. The molecule has 0 bridgehead atoms. The highest BCUT2D eigenvalue weighted by atomic mass is 19.1. The Kier molecular flexibility index (Phi) is 3.01. The van der Waals surface area contributed by atoms with Gasteiger partial charge in [-0.3, -0.25) is 15.7 Å². The minimum Gasteiger partial charge on any atom is -0.291 e. The molecule has 0 amide bonds. The molecule has 2 rings (SSSR count). The van der Waals surface area contributed by atoms with Crippen molar-refractivity contribution in [2.75, 3.05) is 5.48 Å². The van der Waals surface area contributed by atoms with Crippen LogP contribution in [0.15, 0.2) is 30.5 Å². The van der Waals surface area contributed by atoms with Gasteiger partial charge in [0, 0.05) is 22.9 Å². The summed E-state index contributed by atoms with van der Waals surface area (Å²) >= 11 is 0. The highest BCUT2D eigenvalue weighted by Crippen LogP contribution is 2.27. The molecule has 0 aliphatic rings. The monoisotopic (exact) mass is 236 g/mol. The number of halogens is 2. The second kappa shape index (κ2) is 4.47. The molecule has 2 aromatic rings. The van der Waals surface area contributed by atoms with Crippen LogP contribution >= 0.6 is 0 Å². The molecule has 88 valence electrons. The summed E-state index contributed by atoms with van der Waals surface area (Å²) in [5.41, 5.74) is 3.62. The largest absolute Gasteiger partial charge is 0.291 e. The van der Waals surface area contributed by atoms with Crippen LogP contribution in [0.5, 0.6) is 0 Å². The average molecular weight is 236 g/mol. The van der Waals surface area contributed by atoms with Crippen LogP contribution < -0.4 is 5.48 Å². The van der Waals surface area contributed by atoms with Crippen molar-refractivity contribution in [3.8, 4) is 11.1 Å². The lowest BCUT2D eigenvalue weighted by molar-refractivity contribution is 0.388. The Bertz CT molecular complexity index is 558. The lowest BCUT2D eigenvalue weighted by atomic mass is 10.0. The number of pyridine rings is 1. The summed E-state index contributed by atoms with van der Waals surface area (Å²) in [6.07, 6.45) is 1.42. The third-order valence-corrected chi connectivity index (χ3v) is 2.44. The molecular weight excluding hydrogens is 226 g/mol. The van der Waals surface area contributed by atoms with Crippen LogP contribution in [0.1, 0.15) is 5.69 Å². The Labute approximate surface area is 96.7 Å². The predicted octanol–water partition coefficient (Wildman–Crippen LogP) is 3.14. The maximum atomic E-state index is 13.6. The maximum Gasteiger partial charge on any atom is 0.134 e. The minimum absolute atomic E-state index is 0.244. The van der Waals surface area contributed by atoms with Gasteiger partial charge in [0.25, 0.3) is 0 Å². The van der Waals surface area contributed by atoms with Gasteiger partial charge in [0.05, 0.1) is 11.9 Å². The van der Waals surface area contributed by atoms with Gasteiger partial charge >= 0.3 is 0 Å². The van der Waals surface area contributed by atoms with Crippen molar-refractivity contribution in [2.45, 2.75) is 6.92 Å². The predicted molar refractivity (Wildman–Crippen MR) is 59.7 cm³/mol. The van der Waals surface area contributed by atoms with Crippen LogP contribution in [0.25, 0.3) is 11.1 Å². The maximum absolute atomic E-state index is 13.6. The van der Waals surface area contributed by atoms with Crippen LogP contribution in [0, 0.1) is 18.6 Å². The highest BCUT2D eigenvalue weighted by molar-refractivity contribution is 5.69. The Balaban J connectivity index is 2.59. The third kappa shape index (κ3) is 2.24. The molecule has 0 aliphatic heterocycles. The second-order valence-corrected chi connectivity index (χ2v) is 3.59. The fourth-order valence-corrected chi connectivity index (χ4v) is 1.57. The molecule has 1 aromatic heterocycles. The second-order valence-electron chi connectivity index (χ2n) is 3.59. The molecule has 0 spiro atoms. The van der Waals surface area contributed by atoms with Crippen LogP contribution in [-0.2, 0) is 0 Å². The molecule has 0 fully saturated rings. The molecule has 0 saturated carbocycles. The summed E-state index contributed by atoms with van der Waals surface area (Å²) in [6, 6.07) is 4.87. The number of aryl methyl sites for hydroxylation is 1. The van der Waals surface area contributed by atoms with E-state index in [2.05, 4.69) is 4.98 Å². The van der Waals surface area contributed by atoms with E-state index in [1.54, 1.807) is 13.0 Å². The summed E-state index contributed by atoms with van der Waals surface area (Å²) in [7, 11) is 0. The summed E-state index contributed by atoms with van der Waals surface area (Å²) in [6.45, 7) is 1.71. The van der Waals surface area contributed by atoms with Crippen molar-refractivity contribution in [2.24, 2.45) is 0 Å². The quantitative estimate of drug-likeness (QED) is 0.787. The Morgan fingerprint density at radius 3 is 2.59 bits per heavy atom. The number of nitrogens with one attached hydrogen (secondary N) is 1. The first kappa shape index (κ1) is 11.5. The van der Waals surface area contributed by atoms with Gasteiger partial charge in [0.2, 0.25) is 0 Å². The number of benzene rings is 1.